The van der Waals surface area contributed by atoms with E-state index in [0.717, 1.165) is 25.9 Å². The van der Waals surface area contributed by atoms with Gasteiger partial charge in [-0.25, -0.2) is 12.8 Å². The van der Waals surface area contributed by atoms with Crippen LogP contribution in [0, 0.1) is 25.6 Å². The standard InChI is InChI=1S/C21H27FN4O4S/c1-14-20(15(2)30-24-14)31(28,29)26-12-8-16(9-13-26)21(27)23-19-17(22)6-5-7-18(19)25-10-3-4-11-25/h5-7,16H,3-4,8-13H2,1-2H3,(H,23,27). The van der Waals surface area contributed by atoms with Crippen molar-refractivity contribution in [2.24, 2.45) is 5.92 Å². The first-order chi connectivity index (χ1) is 14.8. The number of sulfonamides is 1. The summed E-state index contributed by atoms with van der Waals surface area (Å²) in [5.74, 6) is -0.871. The number of anilines is 2. The highest BCUT2D eigenvalue weighted by Crippen LogP contribution is 2.33. The molecule has 168 valence electrons. The highest BCUT2D eigenvalue weighted by molar-refractivity contribution is 7.89. The molecule has 0 bridgehead atoms. The monoisotopic (exact) mass is 450 g/mol. The molecule has 4 rings (SSSR count). The quantitative estimate of drug-likeness (QED) is 0.752. The van der Waals surface area contributed by atoms with E-state index in [1.165, 1.54) is 10.4 Å². The van der Waals surface area contributed by atoms with Crippen LogP contribution in [0.25, 0.3) is 0 Å². The number of rotatable bonds is 5. The Morgan fingerprint density at radius 3 is 2.45 bits per heavy atom. The maximum absolute atomic E-state index is 14.5. The molecule has 1 aromatic heterocycles. The summed E-state index contributed by atoms with van der Waals surface area (Å²) in [6, 6.07) is 4.81. The van der Waals surface area contributed by atoms with Crippen molar-refractivity contribution in [2.45, 2.75) is 44.4 Å². The smallest absolute Gasteiger partial charge is 0.248 e. The minimum atomic E-state index is -3.73. The number of halogens is 1. The average molecular weight is 451 g/mol. The average Bonchev–Trinajstić information content (AvgIpc) is 3.39. The maximum Gasteiger partial charge on any atom is 0.248 e. The molecule has 2 aromatic rings. The van der Waals surface area contributed by atoms with Crippen molar-refractivity contribution in [2.75, 3.05) is 36.4 Å². The van der Waals surface area contributed by atoms with Crippen LogP contribution in [-0.2, 0) is 14.8 Å². The SMILES string of the molecule is Cc1noc(C)c1S(=O)(=O)N1CCC(C(=O)Nc2c(F)cccc2N2CCCC2)CC1. The predicted molar refractivity (Wildman–Crippen MR) is 114 cm³/mol. The molecule has 10 heteroatoms. The molecule has 1 N–H and O–H groups in total. The van der Waals surface area contributed by atoms with Gasteiger partial charge in [-0.15, -0.1) is 0 Å². The molecule has 0 aliphatic carbocycles. The van der Waals surface area contributed by atoms with Crippen LogP contribution in [0.3, 0.4) is 0 Å². The number of para-hydroxylation sites is 1. The Hall–Kier alpha value is -2.46. The molecule has 0 saturated carbocycles. The number of nitrogens with zero attached hydrogens (tertiary/aromatic N) is 3. The van der Waals surface area contributed by atoms with E-state index in [2.05, 4.69) is 15.4 Å². The zero-order valence-corrected chi connectivity index (χ0v) is 18.5. The summed E-state index contributed by atoms with van der Waals surface area (Å²) < 4.78 is 46.8. The maximum atomic E-state index is 14.5. The van der Waals surface area contributed by atoms with Crippen molar-refractivity contribution >= 4 is 27.3 Å². The second-order valence-corrected chi connectivity index (χ2v) is 10.0. The lowest BCUT2D eigenvalue weighted by molar-refractivity contribution is -0.120. The zero-order chi connectivity index (χ0) is 22.2. The van der Waals surface area contributed by atoms with E-state index >= 15 is 0 Å². The molecule has 1 amide bonds. The summed E-state index contributed by atoms with van der Waals surface area (Å²) in [4.78, 5) is 15.1. The van der Waals surface area contributed by atoms with Gasteiger partial charge in [0.05, 0.1) is 5.69 Å². The van der Waals surface area contributed by atoms with Crippen molar-refractivity contribution in [3.8, 4) is 0 Å². The van der Waals surface area contributed by atoms with Crippen molar-refractivity contribution in [3.63, 3.8) is 0 Å². The molecule has 31 heavy (non-hydrogen) atoms. The van der Waals surface area contributed by atoms with Gasteiger partial charge in [-0.05, 0) is 51.7 Å². The topological polar surface area (TPSA) is 95.8 Å². The van der Waals surface area contributed by atoms with E-state index in [0.29, 0.717) is 24.2 Å². The fourth-order valence-corrected chi connectivity index (χ4v) is 6.17. The van der Waals surface area contributed by atoms with Crippen LogP contribution in [0.2, 0.25) is 0 Å². The number of carbonyl (C=O) groups is 1. The summed E-state index contributed by atoms with van der Waals surface area (Å²) >= 11 is 0. The van der Waals surface area contributed by atoms with Crippen LogP contribution in [0.5, 0.6) is 0 Å². The Morgan fingerprint density at radius 1 is 1.16 bits per heavy atom. The summed E-state index contributed by atoms with van der Waals surface area (Å²) in [5.41, 5.74) is 1.23. The van der Waals surface area contributed by atoms with Crippen LogP contribution in [0.4, 0.5) is 15.8 Å². The minimum Gasteiger partial charge on any atom is -0.370 e. The first-order valence-electron chi connectivity index (χ1n) is 10.6. The summed E-state index contributed by atoms with van der Waals surface area (Å²) in [5, 5.41) is 6.51. The van der Waals surface area contributed by atoms with Crippen LogP contribution < -0.4 is 10.2 Å². The molecule has 0 radical (unpaired) electrons. The Kier molecular flexibility index (Phi) is 6.02. The third-order valence-electron chi connectivity index (χ3n) is 6.08. The lowest BCUT2D eigenvalue weighted by Gasteiger charge is -2.31. The lowest BCUT2D eigenvalue weighted by Crippen LogP contribution is -2.41. The summed E-state index contributed by atoms with van der Waals surface area (Å²) in [6.07, 6.45) is 2.81. The molecular weight excluding hydrogens is 423 g/mol. The van der Waals surface area contributed by atoms with Gasteiger partial charge in [0.25, 0.3) is 0 Å². The Morgan fingerprint density at radius 2 is 1.84 bits per heavy atom. The van der Waals surface area contributed by atoms with E-state index in [-0.39, 0.29) is 41.3 Å². The van der Waals surface area contributed by atoms with Crippen molar-refractivity contribution in [1.82, 2.24) is 9.46 Å². The second-order valence-electron chi connectivity index (χ2n) is 8.15. The number of hydrogen-bond acceptors (Lipinski definition) is 6. The molecule has 2 aliphatic heterocycles. The Labute approximate surface area is 181 Å². The fourth-order valence-electron chi connectivity index (χ4n) is 4.41. The molecule has 0 atom stereocenters. The number of carbonyl (C=O) groups excluding carboxylic acids is 1. The van der Waals surface area contributed by atoms with E-state index in [1.54, 1.807) is 19.9 Å². The molecule has 0 unspecified atom stereocenters. The Balaban J connectivity index is 1.44. The molecule has 3 heterocycles. The first kappa shape index (κ1) is 21.8. The molecule has 8 nitrogen and oxygen atoms in total. The van der Waals surface area contributed by atoms with Gasteiger partial charge >= 0.3 is 0 Å². The van der Waals surface area contributed by atoms with E-state index in [4.69, 9.17) is 4.52 Å². The van der Waals surface area contributed by atoms with Gasteiger partial charge in [0.15, 0.2) is 5.76 Å². The number of amides is 1. The van der Waals surface area contributed by atoms with Gasteiger partial charge in [-0.2, -0.15) is 4.31 Å². The molecule has 0 spiro atoms. The largest absolute Gasteiger partial charge is 0.370 e. The van der Waals surface area contributed by atoms with Gasteiger partial charge in [0.1, 0.15) is 22.1 Å². The first-order valence-corrected chi connectivity index (χ1v) is 12.0. The fraction of sp³-hybridized carbons (Fsp3) is 0.524. The summed E-state index contributed by atoms with van der Waals surface area (Å²) in [7, 11) is -3.73. The zero-order valence-electron chi connectivity index (χ0n) is 17.7. The van der Waals surface area contributed by atoms with Gasteiger partial charge in [-0.1, -0.05) is 11.2 Å². The molecule has 2 fully saturated rings. The van der Waals surface area contributed by atoms with E-state index in [9.17, 15) is 17.6 Å². The van der Waals surface area contributed by atoms with Crippen molar-refractivity contribution < 1.29 is 22.1 Å². The van der Waals surface area contributed by atoms with Gasteiger partial charge < -0.3 is 14.7 Å². The molecule has 2 saturated heterocycles. The minimum absolute atomic E-state index is 0.0945. The lowest BCUT2D eigenvalue weighted by atomic mass is 9.97. The Bertz CT molecular complexity index is 1050. The van der Waals surface area contributed by atoms with Crippen molar-refractivity contribution in [3.05, 3.63) is 35.5 Å². The molecule has 1 aromatic carbocycles. The normalized spacial score (nSPS) is 18.5. The van der Waals surface area contributed by atoms with Gasteiger partial charge in [0, 0.05) is 32.1 Å². The van der Waals surface area contributed by atoms with Crippen LogP contribution >= 0.6 is 0 Å². The number of aryl methyl sites for hydroxylation is 2. The third kappa shape index (κ3) is 4.18. The number of aromatic nitrogens is 1. The van der Waals surface area contributed by atoms with Crippen molar-refractivity contribution in [1.29, 1.82) is 0 Å². The third-order valence-corrected chi connectivity index (χ3v) is 8.22. The highest BCUT2D eigenvalue weighted by atomic mass is 32.2. The molecular formula is C21H27FN4O4S. The number of benzene rings is 1. The predicted octanol–water partition coefficient (Wildman–Crippen LogP) is 3.07. The van der Waals surface area contributed by atoms with Crippen LogP contribution in [0.15, 0.2) is 27.6 Å². The van der Waals surface area contributed by atoms with E-state index in [1.807, 2.05) is 6.07 Å². The second kappa shape index (κ2) is 8.58. The van der Waals surface area contributed by atoms with E-state index < -0.39 is 15.8 Å². The highest BCUT2D eigenvalue weighted by Gasteiger charge is 2.35. The summed E-state index contributed by atoms with van der Waals surface area (Å²) in [6.45, 7) is 5.26. The number of hydrogen-bond donors (Lipinski definition) is 1. The number of piperidine rings is 1. The van der Waals surface area contributed by atoms with Gasteiger partial charge in [-0.3, -0.25) is 4.79 Å². The number of nitrogens with one attached hydrogen (secondary N) is 1. The van der Waals surface area contributed by atoms with Crippen LogP contribution in [0.1, 0.15) is 37.1 Å². The van der Waals surface area contributed by atoms with Crippen LogP contribution in [-0.4, -0.2) is 50.0 Å². The molecule has 2 aliphatic rings. The van der Waals surface area contributed by atoms with Gasteiger partial charge in [0.2, 0.25) is 15.9 Å².